The lowest BCUT2D eigenvalue weighted by molar-refractivity contribution is -0.0895. The maximum atomic E-state index is 6.37. The Labute approximate surface area is 269 Å². The van der Waals surface area contributed by atoms with E-state index >= 15 is 0 Å². The minimum atomic E-state index is -0.254. The largest absolute Gasteiger partial charge is 0.465 e. The van der Waals surface area contributed by atoms with Crippen molar-refractivity contribution in [2.45, 2.75) is 108 Å². The van der Waals surface area contributed by atoms with Crippen LogP contribution in [0, 0.1) is 0 Å². The van der Waals surface area contributed by atoms with Crippen LogP contribution in [0.5, 0.6) is 11.5 Å². The summed E-state index contributed by atoms with van der Waals surface area (Å²) in [5, 5.41) is 0. The Morgan fingerprint density at radius 2 is 1.04 bits per heavy atom. The minimum absolute atomic E-state index is 0.165. The number of unbranched alkanes of at least 4 members (excludes halogenated alkanes) is 4. The quantitative estimate of drug-likeness (QED) is 0.0727. The first-order valence-electron chi connectivity index (χ1n) is 17.2. The molecule has 0 aromatic heterocycles. The molecule has 2 saturated heterocycles. The highest BCUT2D eigenvalue weighted by atomic mass is 16.7. The maximum Gasteiger partial charge on any atom is 0.199 e. The van der Waals surface area contributed by atoms with Gasteiger partial charge in [0, 0.05) is 18.3 Å². The first-order valence-corrected chi connectivity index (χ1v) is 17.2. The van der Waals surface area contributed by atoms with Crippen LogP contribution in [0.4, 0.5) is 0 Å². The van der Waals surface area contributed by atoms with Gasteiger partial charge in [0.25, 0.3) is 0 Å². The maximum absolute atomic E-state index is 6.37. The van der Waals surface area contributed by atoms with Crippen LogP contribution in [0.25, 0.3) is 0 Å². The molecule has 242 valence electrons. The second-order valence-electron chi connectivity index (χ2n) is 12.9. The molecule has 0 saturated carbocycles. The first-order chi connectivity index (χ1) is 22.1. The Hall–Kier alpha value is -2.90. The van der Waals surface area contributed by atoms with Gasteiger partial charge < -0.3 is 28.4 Å². The van der Waals surface area contributed by atoms with Gasteiger partial charge in [-0.3, -0.25) is 0 Å². The summed E-state index contributed by atoms with van der Waals surface area (Å²) in [4.78, 5) is 0. The van der Waals surface area contributed by atoms with E-state index < -0.39 is 0 Å². The van der Waals surface area contributed by atoms with Crippen LogP contribution in [0.1, 0.15) is 87.5 Å². The van der Waals surface area contributed by atoms with Crippen LogP contribution in [-0.2, 0) is 37.2 Å². The van der Waals surface area contributed by atoms with Crippen LogP contribution in [0.3, 0.4) is 0 Å². The molecule has 0 bridgehead atoms. The summed E-state index contributed by atoms with van der Waals surface area (Å²) in [6.07, 6.45) is 10.5. The zero-order valence-electron chi connectivity index (χ0n) is 27.1. The number of rotatable bonds is 20. The van der Waals surface area contributed by atoms with Crippen molar-refractivity contribution in [3.63, 3.8) is 0 Å². The molecule has 0 spiro atoms. The molecule has 6 nitrogen and oxygen atoms in total. The van der Waals surface area contributed by atoms with E-state index in [1.165, 1.54) is 47.9 Å². The van der Waals surface area contributed by atoms with Gasteiger partial charge in [-0.05, 0) is 72.2 Å². The monoisotopic (exact) mass is 614 g/mol. The Morgan fingerprint density at radius 3 is 1.42 bits per heavy atom. The molecular formula is C39H50O6. The molecule has 0 amide bonds. The lowest BCUT2D eigenvalue weighted by Crippen LogP contribution is -2.29. The second-order valence-corrected chi connectivity index (χ2v) is 12.9. The first kappa shape index (κ1) is 32.1. The summed E-state index contributed by atoms with van der Waals surface area (Å²) in [6.45, 7) is 7.20. The van der Waals surface area contributed by atoms with Crippen LogP contribution < -0.4 is 9.47 Å². The number of ether oxygens (including phenoxy) is 6. The van der Waals surface area contributed by atoms with Gasteiger partial charge in [0.2, 0.25) is 0 Å². The normalized spacial score (nSPS) is 20.8. The van der Waals surface area contributed by atoms with E-state index in [1.807, 2.05) is 0 Å². The van der Waals surface area contributed by atoms with Crippen LogP contribution in [0.15, 0.2) is 72.8 Å². The summed E-state index contributed by atoms with van der Waals surface area (Å²) in [5.74, 6) is 1.69. The van der Waals surface area contributed by atoms with E-state index in [0.29, 0.717) is 13.2 Å². The van der Waals surface area contributed by atoms with Crippen LogP contribution >= 0.6 is 0 Å². The molecule has 6 heteroatoms. The van der Waals surface area contributed by atoms with Crippen molar-refractivity contribution in [2.24, 2.45) is 0 Å². The fraction of sp³-hybridized carbons (Fsp3) is 0.538. The SMILES string of the molecule is CCCCCC(OCC1CO1)Oc1ccc(C2(c3ccc(OC(CCCCC)OCC4CO4)cc3)Cc3ccccc3C2)cc1. The van der Waals surface area contributed by atoms with Gasteiger partial charge in [0.15, 0.2) is 12.6 Å². The second kappa shape index (κ2) is 15.6. The average Bonchev–Trinajstić information content (AvgIpc) is 4.01. The van der Waals surface area contributed by atoms with Crippen molar-refractivity contribution in [3.05, 3.63) is 95.1 Å². The van der Waals surface area contributed by atoms with Crippen molar-refractivity contribution >= 4 is 0 Å². The van der Waals surface area contributed by atoms with Gasteiger partial charge >= 0.3 is 0 Å². The van der Waals surface area contributed by atoms with E-state index in [2.05, 4.69) is 86.6 Å². The molecule has 3 aliphatic rings. The number of hydrogen-bond donors (Lipinski definition) is 0. The minimum Gasteiger partial charge on any atom is -0.465 e. The number of benzene rings is 3. The van der Waals surface area contributed by atoms with E-state index in [-0.39, 0.29) is 30.2 Å². The fourth-order valence-electron chi connectivity index (χ4n) is 6.43. The molecule has 4 unspecified atom stereocenters. The molecule has 2 fully saturated rings. The number of hydrogen-bond acceptors (Lipinski definition) is 6. The summed E-state index contributed by atoms with van der Waals surface area (Å²) >= 11 is 0. The molecule has 0 radical (unpaired) electrons. The van der Waals surface area contributed by atoms with Crippen molar-refractivity contribution in [1.82, 2.24) is 0 Å². The zero-order valence-corrected chi connectivity index (χ0v) is 27.1. The lowest BCUT2D eigenvalue weighted by Gasteiger charge is -2.31. The van der Waals surface area contributed by atoms with E-state index in [0.717, 1.165) is 63.2 Å². The molecule has 6 rings (SSSR count). The highest BCUT2D eigenvalue weighted by Crippen LogP contribution is 2.45. The van der Waals surface area contributed by atoms with Gasteiger partial charge in [0.05, 0.1) is 26.4 Å². The molecule has 1 aliphatic carbocycles. The highest BCUT2D eigenvalue weighted by molar-refractivity contribution is 5.51. The lowest BCUT2D eigenvalue weighted by atomic mass is 9.72. The Balaban J connectivity index is 1.18. The summed E-state index contributed by atoms with van der Waals surface area (Å²) in [7, 11) is 0. The smallest absolute Gasteiger partial charge is 0.199 e. The van der Waals surface area contributed by atoms with Gasteiger partial charge in [-0.1, -0.05) is 88.1 Å². The van der Waals surface area contributed by atoms with Gasteiger partial charge in [-0.15, -0.1) is 0 Å². The predicted octanol–water partition coefficient (Wildman–Crippen LogP) is 8.17. The average molecular weight is 615 g/mol. The Bertz CT molecular complexity index is 1210. The van der Waals surface area contributed by atoms with Crippen molar-refractivity contribution in [1.29, 1.82) is 0 Å². The van der Waals surface area contributed by atoms with Crippen LogP contribution in [-0.4, -0.2) is 51.2 Å². The summed E-state index contributed by atoms with van der Waals surface area (Å²) in [5.41, 5.74) is 5.24. The Morgan fingerprint density at radius 1 is 0.622 bits per heavy atom. The Kier molecular flexibility index (Phi) is 11.1. The molecule has 2 heterocycles. The summed E-state index contributed by atoms with van der Waals surface area (Å²) in [6, 6.07) is 26.3. The zero-order chi connectivity index (χ0) is 30.9. The van der Waals surface area contributed by atoms with Crippen molar-refractivity contribution < 1.29 is 28.4 Å². The van der Waals surface area contributed by atoms with E-state index in [9.17, 15) is 0 Å². The molecule has 45 heavy (non-hydrogen) atoms. The molecule has 4 atom stereocenters. The highest BCUT2D eigenvalue weighted by Gasteiger charge is 2.40. The van der Waals surface area contributed by atoms with E-state index in [1.54, 1.807) is 0 Å². The molecule has 3 aromatic carbocycles. The third-order valence-electron chi connectivity index (χ3n) is 9.28. The molecular weight excluding hydrogens is 564 g/mol. The number of epoxide rings is 2. The van der Waals surface area contributed by atoms with Gasteiger partial charge in [-0.25, -0.2) is 0 Å². The van der Waals surface area contributed by atoms with Crippen LogP contribution in [0.2, 0.25) is 0 Å². The third kappa shape index (κ3) is 8.88. The topological polar surface area (TPSA) is 62.0 Å². The number of fused-ring (bicyclic) bond motifs is 1. The molecule has 0 N–H and O–H groups in total. The fourth-order valence-corrected chi connectivity index (χ4v) is 6.43. The van der Waals surface area contributed by atoms with Crippen molar-refractivity contribution in [2.75, 3.05) is 26.4 Å². The van der Waals surface area contributed by atoms with E-state index in [4.69, 9.17) is 28.4 Å². The van der Waals surface area contributed by atoms with Gasteiger partial charge in [-0.2, -0.15) is 0 Å². The predicted molar refractivity (Wildman–Crippen MR) is 176 cm³/mol. The standard InChI is InChI=1S/C39H50O6/c1-3-5-7-13-37(42-27-35-25-40-35)44-33-19-15-31(16-20-33)39(23-29-11-9-10-12-30(29)24-39)32-17-21-34(22-18-32)45-38(14-8-6-4-2)43-28-36-26-41-36/h9-12,15-22,35-38H,3-8,13-14,23-28H2,1-2H3. The molecule has 3 aromatic rings. The van der Waals surface area contributed by atoms with Crippen molar-refractivity contribution in [3.8, 4) is 11.5 Å². The summed E-state index contributed by atoms with van der Waals surface area (Å²) < 4.78 is 35.6. The molecule has 2 aliphatic heterocycles. The van der Waals surface area contributed by atoms with Gasteiger partial charge in [0.1, 0.15) is 23.7 Å². The third-order valence-corrected chi connectivity index (χ3v) is 9.28.